The molecule has 0 unspecified atom stereocenters. The van der Waals surface area contributed by atoms with Crippen LogP contribution in [0.2, 0.25) is 0 Å². The van der Waals surface area contributed by atoms with Crippen molar-refractivity contribution in [3.63, 3.8) is 0 Å². The van der Waals surface area contributed by atoms with Gasteiger partial charge in [0.15, 0.2) is 0 Å². The third kappa shape index (κ3) is 2.14. The molecular formula is C12H12N2O. The first-order valence-electron chi connectivity index (χ1n) is 4.73. The van der Waals surface area contributed by atoms with Gasteiger partial charge in [0, 0.05) is 0 Å². The summed E-state index contributed by atoms with van der Waals surface area (Å²) in [5.74, 6) is 0.419. The van der Waals surface area contributed by atoms with Gasteiger partial charge in [0.1, 0.15) is 11.9 Å². The lowest BCUT2D eigenvalue weighted by atomic mass is 10.1. The van der Waals surface area contributed by atoms with E-state index in [1.165, 1.54) is 0 Å². The van der Waals surface area contributed by atoms with Gasteiger partial charge < -0.3 is 10.8 Å². The first-order valence-corrected chi connectivity index (χ1v) is 4.73. The molecule has 0 radical (unpaired) electrons. The molecule has 3 nitrogen and oxygen atoms in total. The van der Waals surface area contributed by atoms with E-state index in [1.54, 1.807) is 18.2 Å². The normalized spacial score (nSPS) is 12.3. The molecule has 3 heteroatoms. The van der Waals surface area contributed by atoms with E-state index in [9.17, 15) is 5.11 Å². The van der Waals surface area contributed by atoms with E-state index in [2.05, 4.69) is 4.98 Å². The summed E-state index contributed by atoms with van der Waals surface area (Å²) in [7, 11) is 0. The molecule has 15 heavy (non-hydrogen) atoms. The number of aromatic nitrogens is 1. The Morgan fingerprint density at radius 1 is 1.00 bits per heavy atom. The second-order valence-electron chi connectivity index (χ2n) is 3.30. The van der Waals surface area contributed by atoms with Crippen LogP contribution in [0.25, 0.3) is 0 Å². The van der Waals surface area contributed by atoms with Gasteiger partial charge in [-0.2, -0.15) is 0 Å². The second-order valence-corrected chi connectivity index (χ2v) is 3.30. The van der Waals surface area contributed by atoms with Gasteiger partial charge in [-0.05, 0) is 17.7 Å². The molecule has 0 aliphatic rings. The molecule has 0 bridgehead atoms. The third-order valence-corrected chi connectivity index (χ3v) is 2.19. The third-order valence-electron chi connectivity index (χ3n) is 2.19. The number of hydrogen-bond donors (Lipinski definition) is 2. The van der Waals surface area contributed by atoms with E-state index >= 15 is 0 Å². The van der Waals surface area contributed by atoms with E-state index in [0.29, 0.717) is 11.5 Å². The van der Waals surface area contributed by atoms with Gasteiger partial charge in [-0.25, -0.2) is 4.98 Å². The zero-order valence-electron chi connectivity index (χ0n) is 8.17. The zero-order valence-corrected chi connectivity index (χ0v) is 8.17. The van der Waals surface area contributed by atoms with Crippen molar-refractivity contribution >= 4 is 5.82 Å². The van der Waals surface area contributed by atoms with Crippen molar-refractivity contribution in [3.8, 4) is 0 Å². The summed E-state index contributed by atoms with van der Waals surface area (Å²) in [6.07, 6.45) is -0.713. The topological polar surface area (TPSA) is 59.1 Å². The van der Waals surface area contributed by atoms with Crippen LogP contribution in [0.3, 0.4) is 0 Å². The Morgan fingerprint density at radius 3 is 2.40 bits per heavy atom. The lowest BCUT2D eigenvalue weighted by molar-refractivity contribution is 0.215. The molecule has 1 heterocycles. The summed E-state index contributed by atoms with van der Waals surface area (Å²) in [6.45, 7) is 0. The smallest absolute Gasteiger partial charge is 0.123 e. The molecule has 0 aliphatic carbocycles. The standard InChI is InChI=1S/C12H12N2O/c13-11-8-4-7-10(14-11)12(15)9-5-2-1-3-6-9/h1-8,12,15H,(H2,13,14)/t12-/m1/s1. The molecule has 1 atom stereocenters. The number of rotatable bonds is 2. The maximum Gasteiger partial charge on any atom is 0.123 e. The summed E-state index contributed by atoms with van der Waals surface area (Å²) in [5.41, 5.74) is 6.94. The lowest BCUT2D eigenvalue weighted by Crippen LogP contribution is -2.03. The maximum atomic E-state index is 10.00. The number of aliphatic hydroxyl groups excluding tert-OH is 1. The van der Waals surface area contributed by atoms with Gasteiger partial charge in [-0.1, -0.05) is 36.4 Å². The minimum Gasteiger partial charge on any atom is -0.384 e. The van der Waals surface area contributed by atoms with Crippen molar-refractivity contribution in [3.05, 3.63) is 59.8 Å². The van der Waals surface area contributed by atoms with Crippen LogP contribution in [-0.2, 0) is 0 Å². The summed E-state index contributed by atoms with van der Waals surface area (Å²) in [6, 6.07) is 14.6. The Bertz CT molecular complexity index is 442. The number of anilines is 1. The van der Waals surface area contributed by atoms with Crippen molar-refractivity contribution in [2.75, 3.05) is 5.73 Å². The maximum absolute atomic E-state index is 10.00. The van der Waals surface area contributed by atoms with E-state index < -0.39 is 6.10 Å². The van der Waals surface area contributed by atoms with Gasteiger partial charge in [0.2, 0.25) is 0 Å². The molecule has 76 valence electrons. The number of pyridine rings is 1. The predicted molar refractivity (Wildman–Crippen MR) is 59.2 cm³/mol. The average Bonchev–Trinajstić information content (AvgIpc) is 2.29. The van der Waals surface area contributed by atoms with Crippen LogP contribution < -0.4 is 5.73 Å². The molecule has 0 amide bonds. The molecule has 0 spiro atoms. The number of hydrogen-bond acceptors (Lipinski definition) is 3. The van der Waals surface area contributed by atoms with Crippen LogP contribution >= 0.6 is 0 Å². The number of benzene rings is 1. The molecule has 3 N–H and O–H groups in total. The van der Waals surface area contributed by atoms with Gasteiger partial charge in [0.05, 0.1) is 5.69 Å². The molecule has 2 rings (SSSR count). The van der Waals surface area contributed by atoms with Gasteiger partial charge in [-0.3, -0.25) is 0 Å². The average molecular weight is 200 g/mol. The fourth-order valence-corrected chi connectivity index (χ4v) is 1.43. The Hall–Kier alpha value is -1.87. The van der Waals surface area contributed by atoms with Crippen LogP contribution in [0.15, 0.2) is 48.5 Å². The first-order chi connectivity index (χ1) is 7.27. The number of nitrogens with zero attached hydrogens (tertiary/aromatic N) is 1. The van der Waals surface area contributed by atoms with Crippen LogP contribution in [0.1, 0.15) is 17.4 Å². The van der Waals surface area contributed by atoms with Gasteiger partial charge in [0.25, 0.3) is 0 Å². The SMILES string of the molecule is Nc1cccc([C@H](O)c2ccccc2)n1. The molecule has 0 saturated heterocycles. The quantitative estimate of drug-likeness (QED) is 0.776. The highest BCUT2D eigenvalue weighted by atomic mass is 16.3. The molecular weight excluding hydrogens is 188 g/mol. The molecule has 0 aliphatic heterocycles. The Kier molecular flexibility index (Phi) is 2.65. The Morgan fingerprint density at radius 2 is 1.73 bits per heavy atom. The monoisotopic (exact) mass is 200 g/mol. The minimum atomic E-state index is -0.713. The summed E-state index contributed by atoms with van der Waals surface area (Å²) in [5, 5.41) is 10.00. The van der Waals surface area contributed by atoms with Crippen molar-refractivity contribution in [2.24, 2.45) is 0 Å². The summed E-state index contributed by atoms with van der Waals surface area (Å²) < 4.78 is 0. The van der Waals surface area contributed by atoms with Gasteiger partial charge in [-0.15, -0.1) is 0 Å². The first kappa shape index (κ1) is 9.68. The van der Waals surface area contributed by atoms with Crippen LogP contribution in [0.4, 0.5) is 5.82 Å². The fraction of sp³-hybridized carbons (Fsp3) is 0.0833. The van der Waals surface area contributed by atoms with Gasteiger partial charge >= 0.3 is 0 Å². The summed E-state index contributed by atoms with van der Waals surface area (Å²) >= 11 is 0. The molecule has 0 saturated carbocycles. The van der Waals surface area contributed by atoms with E-state index in [0.717, 1.165) is 5.56 Å². The largest absolute Gasteiger partial charge is 0.384 e. The molecule has 1 aromatic heterocycles. The van der Waals surface area contributed by atoms with Crippen molar-refractivity contribution in [1.82, 2.24) is 4.98 Å². The molecule has 1 aromatic carbocycles. The highest BCUT2D eigenvalue weighted by Gasteiger charge is 2.10. The van der Waals surface area contributed by atoms with Crippen molar-refractivity contribution in [1.29, 1.82) is 0 Å². The number of nitrogen functional groups attached to an aromatic ring is 1. The number of nitrogens with two attached hydrogens (primary N) is 1. The van der Waals surface area contributed by atoms with Crippen LogP contribution in [0, 0.1) is 0 Å². The van der Waals surface area contributed by atoms with Crippen molar-refractivity contribution in [2.45, 2.75) is 6.10 Å². The van der Waals surface area contributed by atoms with E-state index in [-0.39, 0.29) is 0 Å². The van der Waals surface area contributed by atoms with Crippen LogP contribution in [0.5, 0.6) is 0 Å². The Balaban J connectivity index is 2.32. The highest BCUT2D eigenvalue weighted by molar-refractivity contribution is 5.33. The minimum absolute atomic E-state index is 0.419. The molecule has 2 aromatic rings. The predicted octanol–water partition coefficient (Wildman–Crippen LogP) is 1.75. The zero-order chi connectivity index (χ0) is 10.7. The highest BCUT2D eigenvalue weighted by Crippen LogP contribution is 2.20. The van der Waals surface area contributed by atoms with Crippen molar-refractivity contribution < 1.29 is 5.11 Å². The fourth-order valence-electron chi connectivity index (χ4n) is 1.43. The summed E-state index contributed by atoms with van der Waals surface area (Å²) in [4.78, 5) is 4.08. The number of aliphatic hydroxyl groups is 1. The van der Waals surface area contributed by atoms with Crippen LogP contribution in [-0.4, -0.2) is 10.1 Å². The Labute approximate surface area is 88.2 Å². The lowest BCUT2D eigenvalue weighted by Gasteiger charge is -2.10. The van der Waals surface area contributed by atoms with E-state index in [1.807, 2.05) is 30.3 Å². The second kappa shape index (κ2) is 4.11. The molecule has 0 fully saturated rings. The van der Waals surface area contributed by atoms with E-state index in [4.69, 9.17) is 5.73 Å².